The van der Waals surface area contributed by atoms with Crippen LogP contribution in [0.1, 0.15) is 25.0 Å². The third-order valence-electron chi connectivity index (χ3n) is 4.70. The smallest absolute Gasteiger partial charge is 0.254 e. The van der Waals surface area contributed by atoms with Gasteiger partial charge in [0.05, 0.1) is 18.8 Å². The molecule has 1 N–H and O–H groups in total. The maximum absolute atomic E-state index is 12.6. The summed E-state index contributed by atoms with van der Waals surface area (Å²) >= 11 is 0. The van der Waals surface area contributed by atoms with E-state index in [2.05, 4.69) is 0 Å². The third-order valence-corrected chi connectivity index (χ3v) is 4.70. The Morgan fingerprint density at radius 1 is 1.00 bits per heavy atom. The van der Waals surface area contributed by atoms with E-state index in [0.29, 0.717) is 13.2 Å². The van der Waals surface area contributed by atoms with Crippen molar-refractivity contribution in [3.05, 3.63) is 71.8 Å². The molecule has 1 heterocycles. The molecule has 2 aromatic carbocycles. The summed E-state index contributed by atoms with van der Waals surface area (Å²) in [5.74, 6) is 0.00341. The van der Waals surface area contributed by atoms with E-state index in [1.54, 1.807) is 4.90 Å². The Kier molecular flexibility index (Phi) is 5.51. The number of hydrogen-bond donors (Lipinski definition) is 1. The predicted molar refractivity (Wildman–Crippen MR) is 96.6 cm³/mol. The highest BCUT2D eigenvalue weighted by molar-refractivity contribution is 5.88. The third kappa shape index (κ3) is 3.91. The van der Waals surface area contributed by atoms with E-state index in [-0.39, 0.29) is 17.9 Å². The van der Waals surface area contributed by atoms with Gasteiger partial charge in [0.15, 0.2) is 6.10 Å². The van der Waals surface area contributed by atoms with Crippen LogP contribution >= 0.6 is 0 Å². The van der Waals surface area contributed by atoms with E-state index < -0.39 is 12.2 Å². The highest BCUT2D eigenvalue weighted by Crippen LogP contribution is 2.31. The number of aliphatic hydroxyl groups excluding tert-OH is 1. The molecule has 1 amide bonds. The average molecular weight is 339 g/mol. The maximum atomic E-state index is 12.6. The van der Waals surface area contributed by atoms with Crippen LogP contribution in [0.15, 0.2) is 60.7 Å². The first-order valence-corrected chi connectivity index (χ1v) is 8.76. The summed E-state index contributed by atoms with van der Waals surface area (Å²) in [4.78, 5) is 14.3. The van der Waals surface area contributed by atoms with Crippen molar-refractivity contribution in [1.82, 2.24) is 4.90 Å². The first-order chi connectivity index (χ1) is 12.1. The largest absolute Gasteiger partial charge is 0.391 e. The van der Waals surface area contributed by atoms with Crippen LogP contribution in [-0.2, 0) is 22.7 Å². The molecule has 0 unspecified atom stereocenters. The second-order valence-corrected chi connectivity index (χ2v) is 6.89. The van der Waals surface area contributed by atoms with Gasteiger partial charge in [0.1, 0.15) is 0 Å². The van der Waals surface area contributed by atoms with Gasteiger partial charge in [-0.1, -0.05) is 74.5 Å². The highest BCUT2D eigenvalue weighted by atomic mass is 16.5. The number of likely N-dealkylation sites (tertiary alicyclic amines) is 1. The molecule has 0 bridgehead atoms. The minimum Gasteiger partial charge on any atom is -0.391 e. The maximum Gasteiger partial charge on any atom is 0.254 e. The van der Waals surface area contributed by atoms with Gasteiger partial charge in [-0.3, -0.25) is 4.79 Å². The first-order valence-electron chi connectivity index (χ1n) is 8.76. The number of carbonyl (C=O) groups excluding carboxylic acids is 1. The van der Waals surface area contributed by atoms with Gasteiger partial charge in [0, 0.05) is 6.54 Å². The Labute approximate surface area is 149 Å². The molecule has 4 heteroatoms. The molecule has 25 heavy (non-hydrogen) atoms. The number of benzene rings is 2. The van der Waals surface area contributed by atoms with E-state index in [1.807, 2.05) is 74.5 Å². The van der Waals surface area contributed by atoms with Crippen LogP contribution in [0.25, 0.3) is 0 Å². The van der Waals surface area contributed by atoms with E-state index in [0.717, 1.165) is 11.1 Å². The van der Waals surface area contributed by atoms with E-state index in [9.17, 15) is 9.90 Å². The summed E-state index contributed by atoms with van der Waals surface area (Å²) in [6, 6.07) is 19.3. The number of nitrogens with zero attached hydrogens (tertiary/aromatic N) is 1. The fraction of sp³-hybridized carbons (Fsp3) is 0.381. The molecule has 2 aromatic rings. The monoisotopic (exact) mass is 339 g/mol. The topological polar surface area (TPSA) is 49.8 Å². The van der Waals surface area contributed by atoms with Crippen LogP contribution in [0.4, 0.5) is 0 Å². The van der Waals surface area contributed by atoms with Crippen molar-refractivity contribution in [3.63, 3.8) is 0 Å². The van der Waals surface area contributed by atoms with Gasteiger partial charge in [-0.25, -0.2) is 0 Å². The number of carbonyl (C=O) groups is 1. The molecule has 1 aliphatic heterocycles. The first kappa shape index (κ1) is 17.6. The fourth-order valence-electron chi connectivity index (χ4n) is 3.19. The van der Waals surface area contributed by atoms with Crippen molar-refractivity contribution in [2.45, 2.75) is 45.2 Å². The molecule has 1 fully saturated rings. The molecular formula is C21H25NO3. The zero-order valence-corrected chi connectivity index (χ0v) is 14.7. The molecule has 0 aromatic heterocycles. The summed E-state index contributed by atoms with van der Waals surface area (Å²) in [5, 5.41) is 10.6. The summed E-state index contributed by atoms with van der Waals surface area (Å²) < 4.78 is 5.88. The van der Waals surface area contributed by atoms with Crippen LogP contribution in [0.2, 0.25) is 0 Å². The van der Waals surface area contributed by atoms with Crippen LogP contribution in [-0.4, -0.2) is 34.2 Å². The van der Waals surface area contributed by atoms with Crippen LogP contribution in [0.3, 0.4) is 0 Å². The molecule has 0 saturated carbocycles. The van der Waals surface area contributed by atoms with Crippen molar-refractivity contribution >= 4 is 5.91 Å². The van der Waals surface area contributed by atoms with Gasteiger partial charge in [-0.05, 0) is 17.0 Å². The van der Waals surface area contributed by atoms with Crippen LogP contribution < -0.4 is 0 Å². The normalized spacial score (nSPS) is 21.3. The van der Waals surface area contributed by atoms with Gasteiger partial charge in [0.2, 0.25) is 0 Å². The molecule has 1 saturated heterocycles. The quantitative estimate of drug-likeness (QED) is 0.789. The number of rotatable bonds is 7. The molecule has 0 radical (unpaired) electrons. The minimum absolute atomic E-state index is 0.0514. The lowest BCUT2D eigenvalue weighted by Crippen LogP contribution is -2.70. The number of β-lactam (4-membered cyclic amide) rings is 1. The molecular weight excluding hydrogens is 314 g/mol. The number of hydrogen-bond acceptors (Lipinski definition) is 3. The Balaban J connectivity index is 1.70. The minimum atomic E-state index is -0.609. The van der Waals surface area contributed by atoms with Gasteiger partial charge in [-0.15, -0.1) is 0 Å². The highest BCUT2D eigenvalue weighted by Gasteiger charge is 2.52. The van der Waals surface area contributed by atoms with Crippen molar-refractivity contribution in [2.24, 2.45) is 5.92 Å². The molecule has 0 spiro atoms. The molecule has 3 atom stereocenters. The fourth-order valence-corrected chi connectivity index (χ4v) is 3.19. The number of amides is 1. The summed E-state index contributed by atoms with van der Waals surface area (Å²) in [7, 11) is 0. The SMILES string of the molecule is CC(C)[C@H](O)[C@H]1[C@@H](OCc2ccccc2)C(=O)N1Cc1ccccc1. The Morgan fingerprint density at radius 2 is 1.56 bits per heavy atom. The van der Waals surface area contributed by atoms with Gasteiger partial charge >= 0.3 is 0 Å². The van der Waals surface area contributed by atoms with E-state index in [4.69, 9.17) is 4.74 Å². The zero-order chi connectivity index (χ0) is 17.8. The average Bonchev–Trinajstić information content (AvgIpc) is 2.64. The van der Waals surface area contributed by atoms with E-state index >= 15 is 0 Å². The lowest BCUT2D eigenvalue weighted by molar-refractivity contribution is -0.191. The number of aliphatic hydroxyl groups is 1. The molecule has 132 valence electrons. The number of ether oxygens (including phenoxy) is 1. The lowest BCUT2D eigenvalue weighted by Gasteiger charge is -2.49. The molecule has 4 nitrogen and oxygen atoms in total. The second kappa shape index (κ2) is 7.81. The Hall–Kier alpha value is -2.17. The Bertz CT molecular complexity index is 687. The van der Waals surface area contributed by atoms with Crippen molar-refractivity contribution < 1.29 is 14.6 Å². The van der Waals surface area contributed by atoms with Gasteiger partial charge in [0.25, 0.3) is 5.91 Å². The molecule has 1 aliphatic rings. The van der Waals surface area contributed by atoms with Gasteiger partial charge in [-0.2, -0.15) is 0 Å². The van der Waals surface area contributed by atoms with Crippen molar-refractivity contribution in [1.29, 1.82) is 0 Å². The van der Waals surface area contributed by atoms with Gasteiger partial charge < -0.3 is 14.7 Å². The summed E-state index contributed by atoms with van der Waals surface area (Å²) in [6.07, 6.45) is -1.19. The van der Waals surface area contributed by atoms with Crippen LogP contribution in [0, 0.1) is 5.92 Å². The lowest BCUT2D eigenvalue weighted by atomic mass is 9.86. The van der Waals surface area contributed by atoms with Crippen LogP contribution in [0.5, 0.6) is 0 Å². The van der Waals surface area contributed by atoms with Crippen molar-refractivity contribution in [3.8, 4) is 0 Å². The molecule has 0 aliphatic carbocycles. The summed E-state index contributed by atoms with van der Waals surface area (Å²) in [6.45, 7) is 4.79. The molecule has 3 rings (SSSR count). The predicted octanol–water partition coefficient (Wildman–Crippen LogP) is 3.00. The summed E-state index contributed by atoms with van der Waals surface area (Å²) in [5.41, 5.74) is 2.08. The zero-order valence-electron chi connectivity index (χ0n) is 14.7. The standard InChI is InChI=1S/C21H25NO3/c1-15(2)19(23)18-20(25-14-17-11-7-4-8-12-17)21(24)22(18)13-16-9-5-3-6-10-16/h3-12,15,18-20,23H,13-14H2,1-2H3/t18-,19-,20+/m0/s1. The van der Waals surface area contributed by atoms with Crippen molar-refractivity contribution in [2.75, 3.05) is 0 Å². The Morgan fingerprint density at radius 3 is 2.12 bits per heavy atom. The van der Waals surface area contributed by atoms with E-state index in [1.165, 1.54) is 0 Å². The second-order valence-electron chi connectivity index (χ2n) is 6.89.